The fourth-order valence-corrected chi connectivity index (χ4v) is 2.17. The molecule has 0 spiro atoms. The van der Waals surface area contributed by atoms with Crippen LogP contribution in [0, 0.1) is 0 Å². The SMILES string of the molecule is CC(C)(C)NC(=O)CNC(=O)c1ccc(OCc2ccccc2)cc1. The number of nitrogens with one attached hydrogen (secondary N) is 2. The fourth-order valence-electron chi connectivity index (χ4n) is 2.17. The van der Waals surface area contributed by atoms with Crippen molar-refractivity contribution in [3.63, 3.8) is 0 Å². The van der Waals surface area contributed by atoms with Gasteiger partial charge in [0.2, 0.25) is 5.91 Å². The molecule has 2 amide bonds. The van der Waals surface area contributed by atoms with Crippen molar-refractivity contribution in [1.29, 1.82) is 0 Å². The van der Waals surface area contributed by atoms with Crippen LogP contribution in [0.1, 0.15) is 36.7 Å². The monoisotopic (exact) mass is 340 g/mol. The van der Waals surface area contributed by atoms with E-state index in [1.165, 1.54) is 0 Å². The summed E-state index contributed by atoms with van der Waals surface area (Å²) in [4.78, 5) is 23.8. The molecule has 5 heteroatoms. The van der Waals surface area contributed by atoms with Crippen LogP contribution in [-0.4, -0.2) is 23.9 Å². The first-order valence-corrected chi connectivity index (χ1v) is 8.19. The van der Waals surface area contributed by atoms with Crippen LogP contribution < -0.4 is 15.4 Å². The maximum atomic E-state index is 12.1. The average molecular weight is 340 g/mol. The van der Waals surface area contributed by atoms with Crippen molar-refractivity contribution >= 4 is 11.8 Å². The lowest BCUT2D eigenvalue weighted by molar-refractivity contribution is -0.121. The molecule has 25 heavy (non-hydrogen) atoms. The minimum atomic E-state index is -0.320. The number of carbonyl (C=O) groups excluding carboxylic acids is 2. The third-order valence-electron chi connectivity index (χ3n) is 3.29. The van der Waals surface area contributed by atoms with Crippen LogP contribution in [0.4, 0.5) is 0 Å². The molecule has 132 valence electrons. The Hall–Kier alpha value is -2.82. The summed E-state index contributed by atoms with van der Waals surface area (Å²) in [6, 6.07) is 16.7. The van der Waals surface area contributed by atoms with Gasteiger partial charge >= 0.3 is 0 Å². The molecule has 2 aromatic rings. The number of ether oxygens (including phenoxy) is 1. The number of rotatable bonds is 6. The third-order valence-corrected chi connectivity index (χ3v) is 3.29. The highest BCUT2D eigenvalue weighted by Gasteiger charge is 2.14. The summed E-state index contributed by atoms with van der Waals surface area (Å²) in [5.74, 6) is 0.174. The van der Waals surface area contributed by atoms with Crippen LogP contribution in [0.5, 0.6) is 5.75 Å². The minimum absolute atomic E-state index is 0.0532. The summed E-state index contributed by atoms with van der Waals surface area (Å²) in [5, 5.41) is 5.40. The standard InChI is InChI=1S/C20H24N2O3/c1-20(2,3)22-18(23)13-21-19(24)16-9-11-17(12-10-16)25-14-15-7-5-4-6-8-15/h4-12H,13-14H2,1-3H3,(H,21,24)(H,22,23). The Bertz CT molecular complexity index is 704. The Morgan fingerprint density at radius 1 is 0.960 bits per heavy atom. The van der Waals surface area contributed by atoms with Crippen LogP contribution >= 0.6 is 0 Å². The Labute approximate surface area is 148 Å². The van der Waals surface area contributed by atoms with Gasteiger partial charge in [-0.25, -0.2) is 0 Å². The summed E-state index contributed by atoms with van der Waals surface area (Å²) < 4.78 is 5.68. The van der Waals surface area contributed by atoms with Gasteiger partial charge in [0.05, 0.1) is 6.54 Å². The molecule has 2 N–H and O–H groups in total. The number of amides is 2. The Balaban J connectivity index is 1.82. The van der Waals surface area contributed by atoms with Gasteiger partial charge in [-0.2, -0.15) is 0 Å². The van der Waals surface area contributed by atoms with E-state index in [4.69, 9.17) is 4.74 Å². The maximum absolute atomic E-state index is 12.1. The smallest absolute Gasteiger partial charge is 0.251 e. The molecule has 0 atom stereocenters. The van der Waals surface area contributed by atoms with Gasteiger partial charge in [-0.1, -0.05) is 30.3 Å². The van der Waals surface area contributed by atoms with Crippen molar-refractivity contribution in [2.45, 2.75) is 32.9 Å². The van der Waals surface area contributed by atoms with Gasteiger partial charge in [-0.3, -0.25) is 9.59 Å². The van der Waals surface area contributed by atoms with Gasteiger partial charge in [-0.05, 0) is 50.6 Å². The predicted octanol–water partition coefficient (Wildman–Crippen LogP) is 2.91. The molecule has 0 aliphatic rings. The first-order valence-electron chi connectivity index (χ1n) is 8.19. The molecule has 0 aliphatic carbocycles. The number of benzene rings is 2. The third kappa shape index (κ3) is 6.67. The van der Waals surface area contributed by atoms with Gasteiger partial charge in [0.1, 0.15) is 12.4 Å². The molecule has 0 fully saturated rings. The molecule has 0 radical (unpaired) electrons. The highest BCUT2D eigenvalue weighted by Crippen LogP contribution is 2.14. The van der Waals surface area contributed by atoms with Crippen LogP contribution in [0.15, 0.2) is 54.6 Å². The molecule has 0 saturated carbocycles. The van der Waals surface area contributed by atoms with Crippen LogP contribution in [-0.2, 0) is 11.4 Å². The number of carbonyl (C=O) groups is 2. The van der Waals surface area contributed by atoms with Crippen LogP contribution in [0.3, 0.4) is 0 Å². The van der Waals surface area contributed by atoms with E-state index in [-0.39, 0.29) is 23.9 Å². The van der Waals surface area contributed by atoms with Crippen molar-refractivity contribution in [1.82, 2.24) is 10.6 Å². The molecule has 2 aromatic carbocycles. The Morgan fingerprint density at radius 3 is 2.20 bits per heavy atom. The molecule has 0 saturated heterocycles. The zero-order valence-corrected chi connectivity index (χ0v) is 14.8. The molecular formula is C20H24N2O3. The summed E-state index contributed by atoms with van der Waals surface area (Å²) in [6.45, 7) is 6.09. The predicted molar refractivity (Wildman–Crippen MR) is 97.4 cm³/mol. The van der Waals surface area contributed by atoms with E-state index in [0.29, 0.717) is 17.9 Å². The van der Waals surface area contributed by atoms with Crippen molar-refractivity contribution < 1.29 is 14.3 Å². The molecule has 0 heterocycles. The summed E-state index contributed by atoms with van der Waals surface area (Å²) in [6.07, 6.45) is 0. The van der Waals surface area contributed by atoms with Crippen molar-refractivity contribution in [2.24, 2.45) is 0 Å². The lowest BCUT2D eigenvalue weighted by Crippen LogP contribution is -2.45. The summed E-state index contributed by atoms with van der Waals surface area (Å²) >= 11 is 0. The van der Waals surface area contributed by atoms with E-state index < -0.39 is 0 Å². The highest BCUT2D eigenvalue weighted by atomic mass is 16.5. The molecule has 0 aliphatic heterocycles. The largest absolute Gasteiger partial charge is 0.489 e. The molecule has 0 bridgehead atoms. The van der Waals surface area contributed by atoms with E-state index in [1.54, 1.807) is 24.3 Å². The quantitative estimate of drug-likeness (QED) is 0.850. The van der Waals surface area contributed by atoms with E-state index >= 15 is 0 Å². The zero-order chi connectivity index (χ0) is 18.3. The van der Waals surface area contributed by atoms with E-state index in [1.807, 2.05) is 51.1 Å². The summed E-state index contributed by atoms with van der Waals surface area (Å²) in [7, 11) is 0. The second-order valence-corrected chi connectivity index (χ2v) is 6.78. The highest BCUT2D eigenvalue weighted by molar-refractivity contribution is 5.96. The first kappa shape index (κ1) is 18.5. The molecule has 0 unspecified atom stereocenters. The van der Waals surface area contributed by atoms with Gasteiger partial charge in [0, 0.05) is 11.1 Å². The lowest BCUT2D eigenvalue weighted by Gasteiger charge is -2.20. The van der Waals surface area contributed by atoms with Crippen molar-refractivity contribution in [2.75, 3.05) is 6.54 Å². The van der Waals surface area contributed by atoms with Gasteiger partial charge in [-0.15, -0.1) is 0 Å². The fraction of sp³-hybridized carbons (Fsp3) is 0.300. The van der Waals surface area contributed by atoms with Gasteiger partial charge < -0.3 is 15.4 Å². The number of hydrogen-bond donors (Lipinski definition) is 2. The molecule has 5 nitrogen and oxygen atoms in total. The Kier molecular flexibility index (Phi) is 6.17. The van der Waals surface area contributed by atoms with Crippen molar-refractivity contribution in [3.8, 4) is 5.75 Å². The zero-order valence-electron chi connectivity index (χ0n) is 14.8. The average Bonchev–Trinajstić information content (AvgIpc) is 2.58. The minimum Gasteiger partial charge on any atom is -0.489 e. The lowest BCUT2D eigenvalue weighted by atomic mass is 10.1. The van der Waals surface area contributed by atoms with Crippen LogP contribution in [0.2, 0.25) is 0 Å². The maximum Gasteiger partial charge on any atom is 0.251 e. The Morgan fingerprint density at radius 2 is 1.60 bits per heavy atom. The van der Waals surface area contributed by atoms with E-state index in [0.717, 1.165) is 5.56 Å². The molecule has 0 aromatic heterocycles. The number of hydrogen-bond acceptors (Lipinski definition) is 3. The van der Waals surface area contributed by atoms with Gasteiger partial charge in [0.25, 0.3) is 5.91 Å². The van der Waals surface area contributed by atoms with E-state index in [9.17, 15) is 9.59 Å². The van der Waals surface area contributed by atoms with E-state index in [2.05, 4.69) is 10.6 Å². The molecule has 2 rings (SSSR count). The first-order chi connectivity index (χ1) is 11.8. The molecular weight excluding hydrogens is 316 g/mol. The normalized spacial score (nSPS) is 10.8. The van der Waals surface area contributed by atoms with Crippen molar-refractivity contribution in [3.05, 3.63) is 65.7 Å². The second kappa shape index (κ2) is 8.33. The van der Waals surface area contributed by atoms with Crippen LogP contribution in [0.25, 0.3) is 0 Å². The second-order valence-electron chi connectivity index (χ2n) is 6.78. The topological polar surface area (TPSA) is 67.4 Å². The summed E-state index contributed by atoms with van der Waals surface area (Å²) in [5.41, 5.74) is 1.24. The van der Waals surface area contributed by atoms with Gasteiger partial charge in [0.15, 0.2) is 0 Å².